The quantitative estimate of drug-likeness (QED) is 0.0904. The van der Waals surface area contributed by atoms with Gasteiger partial charge in [0.2, 0.25) is 0 Å². The molecule has 1 aliphatic carbocycles. The van der Waals surface area contributed by atoms with Crippen LogP contribution in [0.5, 0.6) is 23.0 Å². The average molecular weight is 965 g/mol. The minimum absolute atomic E-state index is 0.0980. The smallest absolute Gasteiger partial charge is 0.408 e. The number of piperazine rings is 1. The average Bonchev–Trinajstić information content (AvgIpc) is 3.65. The lowest BCUT2D eigenvalue weighted by Crippen LogP contribution is -2.68. The van der Waals surface area contributed by atoms with Crippen molar-refractivity contribution in [1.29, 1.82) is 5.26 Å². The van der Waals surface area contributed by atoms with Crippen molar-refractivity contribution in [2.24, 2.45) is 0 Å². The highest BCUT2D eigenvalue weighted by atomic mass is 32.2. The molecule has 1 N–H and O–H groups in total. The molecule has 0 aromatic heterocycles. The number of nitriles is 1. The fourth-order valence-corrected chi connectivity index (χ4v) is 12.8. The SMILES string of the molecule is C=CCOc1c(C)c(C)c(OCC=C)c2c1C[C@H]1[C@H]3c4c(cc(C)c(OC)c4OCC=C)C[C@@H]([C@H](C#N)N1[C@H]2CCC(=O)[C@@H](CSCC1c2ccccc2-c2ccccc21)NC(=O)OC(C)(C)C)N3C. The van der Waals surface area contributed by atoms with E-state index in [1.807, 2.05) is 34.6 Å². The fourth-order valence-electron chi connectivity index (χ4n) is 11.6. The van der Waals surface area contributed by atoms with Crippen LogP contribution in [0.2, 0.25) is 0 Å². The number of fused-ring (bicyclic) bond motifs is 10. The lowest BCUT2D eigenvalue weighted by Gasteiger charge is -2.60. The largest absolute Gasteiger partial charge is 0.493 e. The molecular formula is C58H68N4O7S. The summed E-state index contributed by atoms with van der Waals surface area (Å²) < 4.78 is 31.7. The van der Waals surface area contributed by atoms with Crippen LogP contribution in [0.3, 0.4) is 0 Å². The lowest BCUT2D eigenvalue weighted by atomic mass is 9.71. The number of carbonyl (C=O) groups excluding carboxylic acids is 2. The predicted octanol–water partition coefficient (Wildman–Crippen LogP) is 10.9. The second kappa shape index (κ2) is 21.2. The van der Waals surface area contributed by atoms with Crippen molar-refractivity contribution in [3.63, 3.8) is 0 Å². The first kappa shape index (κ1) is 50.4. The minimum atomic E-state index is -0.848. The molecule has 4 aromatic rings. The Morgan fingerprint density at radius 2 is 1.46 bits per heavy atom. The van der Waals surface area contributed by atoms with Crippen molar-refractivity contribution >= 4 is 23.6 Å². The lowest BCUT2D eigenvalue weighted by molar-refractivity contribution is -0.121. The number of hydrogen-bond acceptors (Lipinski definition) is 11. The van der Waals surface area contributed by atoms with Crippen LogP contribution in [0, 0.1) is 32.1 Å². The number of ketones is 1. The van der Waals surface area contributed by atoms with Crippen LogP contribution in [0.15, 0.2) is 92.6 Å². The van der Waals surface area contributed by atoms with Gasteiger partial charge in [0.1, 0.15) is 43.0 Å². The van der Waals surface area contributed by atoms with Gasteiger partial charge in [-0.25, -0.2) is 4.79 Å². The summed E-state index contributed by atoms with van der Waals surface area (Å²) in [4.78, 5) is 33.4. The molecule has 70 heavy (non-hydrogen) atoms. The molecular weight excluding hydrogens is 897 g/mol. The van der Waals surface area contributed by atoms with Gasteiger partial charge < -0.3 is 29.0 Å². The van der Waals surface area contributed by atoms with E-state index in [0.29, 0.717) is 42.3 Å². The zero-order chi connectivity index (χ0) is 50.0. The standard InChI is InChI=1S/C58H68N4O7S/c1-12-25-66-54-35(5)36(6)55(67-26-13-2)51-42(54)30-47-52-50-37(28-34(4)53(65-11)56(50)68-27-14-3)29-46(61(52)10)48(31-59)62(47)45(51)23-24-49(63)44(60-57(64)69-58(7,8)9)33-70-32-43-40-21-17-15-19-38(40)39-20-16-18-22-41(39)43/h12-22,28,43-48,52H,1-3,23-27,29-30,32-33H2,4-11H3,(H,60,64)/t44-,45+,46+,47+,48+,52+/m1/s1. The molecule has 0 saturated carbocycles. The zero-order valence-corrected chi connectivity index (χ0v) is 42.9. The number of aryl methyl sites for hydroxylation is 1. The third-order valence-corrected chi connectivity index (χ3v) is 15.6. The summed E-state index contributed by atoms with van der Waals surface area (Å²) in [6.45, 7) is 24.3. The molecule has 4 aliphatic rings. The van der Waals surface area contributed by atoms with Crippen LogP contribution in [0.1, 0.15) is 102 Å². The molecule has 0 spiro atoms. The number of carbonyl (C=O) groups is 2. The Kier molecular flexibility index (Phi) is 15.2. The predicted molar refractivity (Wildman–Crippen MR) is 279 cm³/mol. The zero-order valence-electron chi connectivity index (χ0n) is 42.1. The number of benzene rings is 4. The molecule has 11 nitrogen and oxygen atoms in total. The molecule has 3 heterocycles. The van der Waals surface area contributed by atoms with E-state index in [-0.39, 0.29) is 56.1 Å². The molecule has 1 saturated heterocycles. The number of thioether (sulfide) groups is 1. The molecule has 6 atom stereocenters. The Labute approximate surface area is 418 Å². The molecule has 3 aliphatic heterocycles. The van der Waals surface area contributed by atoms with Gasteiger partial charge in [0, 0.05) is 58.7 Å². The van der Waals surface area contributed by atoms with Gasteiger partial charge in [-0.1, -0.05) is 92.6 Å². The number of nitrogens with one attached hydrogen (secondary N) is 1. The molecule has 1 fully saturated rings. The second-order valence-electron chi connectivity index (χ2n) is 19.9. The maximum Gasteiger partial charge on any atom is 0.408 e. The Bertz CT molecular complexity index is 2680. The van der Waals surface area contributed by atoms with E-state index >= 15 is 4.79 Å². The first-order chi connectivity index (χ1) is 33.7. The van der Waals surface area contributed by atoms with Gasteiger partial charge in [0.15, 0.2) is 17.3 Å². The van der Waals surface area contributed by atoms with Gasteiger partial charge in [0.05, 0.1) is 25.3 Å². The van der Waals surface area contributed by atoms with Crippen LogP contribution >= 0.6 is 11.8 Å². The Morgan fingerprint density at radius 1 is 0.857 bits per heavy atom. The Hall–Kier alpha value is -6.00. The maximum absolute atomic E-state index is 15.1. The number of ether oxygens (including phenoxy) is 5. The van der Waals surface area contributed by atoms with Gasteiger partial charge in [-0.2, -0.15) is 17.0 Å². The van der Waals surface area contributed by atoms with E-state index in [2.05, 4.69) is 109 Å². The second-order valence-corrected chi connectivity index (χ2v) is 21.0. The van der Waals surface area contributed by atoms with Crippen molar-refractivity contribution in [1.82, 2.24) is 15.1 Å². The van der Waals surface area contributed by atoms with E-state index < -0.39 is 29.8 Å². The summed E-state index contributed by atoms with van der Waals surface area (Å²) in [5.41, 5.74) is 11.1. The molecule has 2 bridgehead atoms. The van der Waals surface area contributed by atoms with Crippen LogP contribution in [0.4, 0.5) is 4.79 Å². The van der Waals surface area contributed by atoms with Crippen molar-refractivity contribution in [3.8, 4) is 40.2 Å². The maximum atomic E-state index is 15.1. The van der Waals surface area contributed by atoms with Crippen molar-refractivity contribution in [2.45, 2.75) is 115 Å². The summed E-state index contributed by atoms with van der Waals surface area (Å²) in [7, 11) is 3.78. The Balaban J connectivity index is 1.21. The summed E-state index contributed by atoms with van der Waals surface area (Å²) in [6.07, 6.45) is 6.13. The first-order valence-electron chi connectivity index (χ1n) is 24.4. The number of rotatable bonds is 19. The van der Waals surface area contributed by atoms with E-state index in [1.54, 1.807) is 37.1 Å². The number of nitrogens with zero attached hydrogens (tertiary/aromatic N) is 3. The molecule has 1 amide bonds. The van der Waals surface area contributed by atoms with Gasteiger partial charge in [0.25, 0.3) is 0 Å². The number of amides is 1. The third kappa shape index (κ3) is 9.48. The highest BCUT2D eigenvalue weighted by Crippen LogP contribution is 2.58. The van der Waals surface area contributed by atoms with Gasteiger partial charge in [-0.3, -0.25) is 14.6 Å². The molecule has 4 aromatic carbocycles. The fraction of sp³-hybridized carbons (Fsp3) is 0.431. The van der Waals surface area contributed by atoms with E-state index in [9.17, 15) is 10.1 Å². The van der Waals surface area contributed by atoms with Crippen molar-refractivity contribution < 1.29 is 33.3 Å². The molecule has 0 radical (unpaired) electrons. The normalized spacial score (nSPS) is 20.5. The number of likely N-dealkylation sites (N-methyl/N-ethyl adjacent to an activating group) is 1. The molecule has 8 rings (SSSR count). The third-order valence-electron chi connectivity index (χ3n) is 14.5. The highest BCUT2D eigenvalue weighted by molar-refractivity contribution is 7.99. The van der Waals surface area contributed by atoms with E-state index in [1.165, 1.54) is 22.3 Å². The monoisotopic (exact) mass is 964 g/mol. The van der Waals surface area contributed by atoms with Crippen LogP contribution in [0.25, 0.3) is 11.1 Å². The minimum Gasteiger partial charge on any atom is -0.493 e. The van der Waals surface area contributed by atoms with Gasteiger partial charge in [-0.15, -0.1) is 0 Å². The van der Waals surface area contributed by atoms with Gasteiger partial charge >= 0.3 is 6.09 Å². The number of hydrogen-bond donors (Lipinski definition) is 1. The summed E-state index contributed by atoms with van der Waals surface area (Å²) >= 11 is 1.65. The summed E-state index contributed by atoms with van der Waals surface area (Å²) in [5, 5.41) is 14.4. The Morgan fingerprint density at radius 3 is 2.06 bits per heavy atom. The number of methoxy groups -OCH3 is 1. The summed E-state index contributed by atoms with van der Waals surface area (Å²) in [5.74, 6) is 3.89. The molecule has 368 valence electrons. The summed E-state index contributed by atoms with van der Waals surface area (Å²) in [6, 6.07) is 19.4. The van der Waals surface area contributed by atoms with Crippen molar-refractivity contribution in [3.05, 3.63) is 143 Å². The van der Waals surface area contributed by atoms with E-state index in [4.69, 9.17) is 23.7 Å². The van der Waals surface area contributed by atoms with Crippen LogP contribution in [-0.4, -0.2) is 96.9 Å². The molecule has 0 unspecified atom stereocenters. The van der Waals surface area contributed by atoms with E-state index in [0.717, 1.165) is 50.4 Å². The highest BCUT2D eigenvalue weighted by Gasteiger charge is 2.56. The van der Waals surface area contributed by atoms with Crippen LogP contribution < -0.4 is 24.3 Å². The number of Topliss-reactive ketones (excluding diaryl/α,β-unsaturated/α-hetero) is 1. The van der Waals surface area contributed by atoms with Crippen molar-refractivity contribution in [2.75, 3.05) is 45.5 Å². The number of alkyl carbamates (subject to hydrolysis) is 1. The van der Waals surface area contributed by atoms with Crippen LogP contribution in [-0.2, 0) is 22.4 Å². The first-order valence-corrected chi connectivity index (χ1v) is 25.6. The topological polar surface area (TPSA) is 123 Å². The molecule has 12 heteroatoms. The van der Waals surface area contributed by atoms with Gasteiger partial charge in [-0.05, 0) is 112 Å².